The Labute approximate surface area is 546 Å². The number of carboxylic acid groups (broad SMARTS) is 2. The van der Waals surface area contributed by atoms with Gasteiger partial charge in [-0.05, 0) is 120 Å². The molecule has 24 heteroatoms. The molecule has 4 aliphatic heterocycles. The molecule has 0 radical (unpaired) electrons. The molecule has 0 saturated carbocycles. The van der Waals surface area contributed by atoms with E-state index in [1.54, 1.807) is 0 Å². The molecule has 2 fully saturated rings. The Bertz CT molecular complexity index is 4390. The number of carbonyl (C=O) groups is 5. The van der Waals surface area contributed by atoms with Crippen molar-refractivity contribution in [3.8, 4) is 5.75 Å². The Hall–Kier alpha value is -9.33. The van der Waals surface area contributed by atoms with Crippen LogP contribution in [0.4, 0.5) is 31.9 Å². The molecule has 468 valence electrons. The van der Waals surface area contributed by atoms with Crippen LogP contribution in [0.25, 0.3) is 20.4 Å². The van der Waals surface area contributed by atoms with Crippen molar-refractivity contribution in [3.63, 3.8) is 0 Å². The zero-order valence-electron chi connectivity index (χ0n) is 50.1. The third kappa shape index (κ3) is 13.0. The van der Waals surface area contributed by atoms with Gasteiger partial charge in [0.1, 0.15) is 5.75 Å². The van der Waals surface area contributed by atoms with Crippen molar-refractivity contribution in [2.45, 2.75) is 51.7 Å². The summed E-state index contributed by atoms with van der Waals surface area (Å²) in [6.45, 7) is 8.73. The highest BCUT2D eigenvalue weighted by molar-refractivity contribution is 7.23. The molecule has 0 bridgehead atoms. The first kappa shape index (κ1) is 60.2. The van der Waals surface area contributed by atoms with E-state index in [4.69, 9.17) is 9.72 Å². The van der Waals surface area contributed by atoms with Gasteiger partial charge < -0.3 is 39.4 Å². The van der Waals surface area contributed by atoms with Crippen molar-refractivity contribution < 1.29 is 38.9 Å². The van der Waals surface area contributed by atoms with Crippen LogP contribution >= 0.6 is 45.3 Å². The predicted octanol–water partition coefficient (Wildman–Crippen LogP) is 11.1. The molecule has 4 aliphatic rings. The molecule has 8 heterocycles. The van der Waals surface area contributed by atoms with E-state index >= 15 is 0 Å². The molecule has 3 amide bonds. The van der Waals surface area contributed by atoms with E-state index in [9.17, 15) is 34.2 Å². The number of amides is 3. The maximum atomic E-state index is 14.2. The smallest absolute Gasteiger partial charge is 0.355 e. The van der Waals surface area contributed by atoms with Crippen LogP contribution in [0.1, 0.15) is 85.7 Å². The highest BCUT2D eigenvalue weighted by atomic mass is 32.1. The van der Waals surface area contributed by atoms with Crippen molar-refractivity contribution in [2.75, 3.05) is 102 Å². The molecule has 20 nitrogen and oxygen atoms in total. The van der Waals surface area contributed by atoms with Crippen LogP contribution < -0.4 is 35.0 Å². The number of nitrogens with one attached hydrogen (secondary N) is 2. The van der Waals surface area contributed by atoms with E-state index in [-0.39, 0.29) is 35.5 Å². The minimum Gasteiger partial charge on any atom is -0.494 e. The van der Waals surface area contributed by atoms with Gasteiger partial charge in [-0.3, -0.25) is 29.9 Å². The number of aromatic nitrogens is 4. The number of benzene rings is 6. The Morgan fingerprint density at radius 1 is 0.511 bits per heavy atom. The summed E-state index contributed by atoms with van der Waals surface area (Å²) in [4.78, 5) is 99.7. The average molecular weight is 1310 g/mol. The SMILES string of the molecule is O=C(Nc1nc2ccccc2s1)c1cccc2c1CN(c1nc(C(=O)O)c(CCCOc3ccc(N4CCN(C(=O)Cc5cccc6nc(NC(=O)c7cccc8c7CN(c7nc(C(=O)O)c(CN9CCN(c%10ccccc%10)CC9)s7)CC8)sc56)CC4)cc3)s1)CC2. The second-order valence-corrected chi connectivity index (χ2v) is 27.3. The van der Waals surface area contributed by atoms with E-state index in [1.807, 2.05) is 126 Å². The highest BCUT2D eigenvalue weighted by Crippen LogP contribution is 2.37. The Morgan fingerprint density at radius 3 is 1.71 bits per heavy atom. The number of carboxylic acids is 2. The van der Waals surface area contributed by atoms with Crippen molar-refractivity contribution in [2.24, 2.45) is 0 Å². The molecule has 4 aromatic heterocycles. The number of para-hydroxylation sites is 2. The number of aromatic carboxylic acids is 2. The normalized spacial score (nSPS) is 15.2. The fourth-order valence-electron chi connectivity index (χ4n) is 12.6. The second kappa shape index (κ2) is 26.5. The van der Waals surface area contributed by atoms with Gasteiger partial charge in [0.05, 0.1) is 38.3 Å². The number of ether oxygens (including phenoxy) is 1. The molecule has 92 heavy (non-hydrogen) atoms. The number of aryl methyl sites for hydroxylation is 1. The summed E-state index contributed by atoms with van der Waals surface area (Å²) >= 11 is 5.57. The number of hydrogen-bond donors (Lipinski definition) is 4. The van der Waals surface area contributed by atoms with E-state index < -0.39 is 11.9 Å². The zero-order chi connectivity index (χ0) is 62.8. The maximum Gasteiger partial charge on any atom is 0.355 e. The first-order valence-electron chi connectivity index (χ1n) is 30.7. The molecule has 6 aromatic carbocycles. The van der Waals surface area contributed by atoms with Crippen LogP contribution in [0.15, 0.2) is 133 Å². The largest absolute Gasteiger partial charge is 0.494 e. The second-order valence-electron chi connectivity index (χ2n) is 23.1. The lowest BCUT2D eigenvalue weighted by Gasteiger charge is -2.36. The number of nitrogens with zero attached hydrogens (tertiary/aromatic N) is 10. The van der Waals surface area contributed by atoms with Crippen molar-refractivity contribution in [3.05, 3.63) is 194 Å². The first-order valence-corrected chi connectivity index (χ1v) is 34.0. The lowest BCUT2D eigenvalue weighted by molar-refractivity contribution is -0.130. The van der Waals surface area contributed by atoms with E-state index in [0.717, 1.165) is 79.5 Å². The molecule has 0 aliphatic carbocycles. The Balaban J connectivity index is 0.545. The lowest BCUT2D eigenvalue weighted by Crippen LogP contribution is -2.49. The quantitative estimate of drug-likeness (QED) is 0.0552. The van der Waals surface area contributed by atoms with Gasteiger partial charge in [0.2, 0.25) is 5.91 Å². The van der Waals surface area contributed by atoms with Gasteiger partial charge in [0, 0.05) is 112 Å². The lowest BCUT2D eigenvalue weighted by atomic mass is 9.94. The third-order valence-electron chi connectivity index (χ3n) is 17.4. The topological polar surface area (TPSA) is 230 Å². The highest BCUT2D eigenvalue weighted by Gasteiger charge is 2.31. The van der Waals surface area contributed by atoms with E-state index in [0.29, 0.717) is 139 Å². The van der Waals surface area contributed by atoms with Gasteiger partial charge in [0.25, 0.3) is 11.8 Å². The van der Waals surface area contributed by atoms with Crippen LogP contribution in [-0.4, -0.2) is 142 Å². The van der Waals surface area contributed by atoms with Crippen LogP contribution in [0.3, 0.4) is 0 Å². The molecular weight excluding hydrogens is 1240 g/mol. The summed E-state index contributed by atoms with van der Waals surface area (Å²) in [6.07, 6.45) is 2.61. The minimum atomic E-state index is -1.08. The fraction of sp³-hybridized carbons (Fsp3) is 0.279. The molecule has 0 unspecified atom stereocenters. The average Bonchev–Trinajstić information content (AvgIpc) is 2.89. The van der Waals surface area contributed by atoms with Crippen LogP contribution in [0, 0.1) is 0 Å². The van der Waals surface area contributed by atoms with E-state index in [2.05, 4.69) is 62.2 Å². The predicted molar refractivity (Wildman–Crippen MR) is 362 cm³/mol. The number of rotatable bonds is 19. The van der Waals surface area contributed by atoms with E-state index in [1.165, 1.54) is 51.0 Å². The summed E-state index contributed by atoms with van der Waals surface area (Å²) in [5.41, 5.74) is 9.69. The molecule has 4 N–H and O–H groups in total. The first-order chi connectivity index (χ1) is 44.9. The molecule has 2 saturated heterocycles. The van der Waals surface area contributed by atoms with Crippen molar-refractivity contribution in [1.82, 2.24) is 29.7 Å². The summed E-state index contributed by atoms with van der Waals surface area (Å²) in [7, 11) is 0. The summed E-state index contributed by atoms with van der Waals surface area (Å²) in [5, 5.41) is 28.7. The molecule has 0 atom stereocenters. The number of fused-ring (bicyclic) bond motifs is 4. The Morgan fingerprint density at radius 2 is 1.07 bits per heavy atom. The van der Waals surface area contributed by atoms with Gasteiger partial charge in [-0.1, -0.05) is 101 Å². The zero-order valence-corrected chi connectivity index (χ0v) is 53.4. The number of piperazine rings is 2. The van der Waals surface area contributed by atoms with Gasteiger partial charge in [-0.2, -0.15) is 0 Å². The summed E-state index contributed by atoms with van der Waals surface area (Å²) in [6, 6.07) is 43.2. The Kier molecular flexibility index (Phi) is 17.3. The van der Waals surface area contributed by atoms with Crippen molar-refractivity contribution in [1.29, 1.82) is 0 Å². The number of thiazole rings is 4. The number of carbonyl (C=O) groups excluding carboxylic acids is 3. The van der Waals surface area contributed by atoms with Gasteiger partial charge in [-0.15, -0.1) is 11.3 Å². The third-order valence-corrected chi connectivity index (χ3v) is 21.7. The maximum absolute atomic E-state index is 14.2. The minimum absolute atomic E-state index is 0.0180. The van der Waals surface area contributed by atoms with Crippen molar-refractivity contribution >= 4 is 127 Å². The number of hydrogen-bond acceptors (Lipinski definition) is 19. The molecule has 10 aromatic rings. The molecule has 14 rings (SSSR count). The fourth-order valence-corrected chi connectivity index (χ4v) is 16.7. The summed E-state index contributed by atoms with van der Waals surface area (Å²) in [5.74, 6) is -1.93. The molecular formula is C68H64N12O8S4. The van der Waals surface area contributed by atoms with Crippen LogP contribution in [-0.2, 0) is 50.1 Å². The standard InChI is InChI=1S/C68H64N12O8S4/c81-57(38-44-12-8-18-53-60(44)92-66(70-53)74-62(83)49-16-7-11-43-26-28-80(40-51(43)49)68-72-59(64(86)87)56(91-68)41-75-29-31-76(32-30-75)45-13-2-1-3-14-45)78-35-33-77(34-36-78)46-21-23-47(24-22-46)88-37-9-20-55-58(63(84)85)71-67(90-55)79-27-25-42-10-6-15-48(50(42)39-79)61(82)73-65-69-52-17-4-5-19-54(52)89-65/h1-8,10-19,21-24H,9,20,25-41H2,(H,84,85)(H,86,87)(H,69,73,82)(H,70,74,83). The monoisotopic (exact) mass is 1300 g/mol. The van der Waals surface area contributed by atoms with Gasteiger partial charge in [-0.25, -0.2) is 29.5 Å². The number of anilines is 6. The van der Waals surface area contributed by atoms with Crippen LogP contribution in [0.5, 0.6) is 5.75 Å². The summed E-state index contributed by atoms with van der Waals surface area (Å²) < 4.78 is 7.98. The van der Waals surface area contributed by atoms with Gasteiger partial charge >= 0.3 is 11.9 Å². The molecule has 0 spiro atoms. The van der Waals surface area contributed by atoms with Crippen LogP contribution in [0.2, 0.25) is 0 Å². The van der Waals surface area contributed by atoms with Gasteiger partial charge in [0.15, 0.2) is 31.9 Å².